The minimum atomic E-state index is -0.167. The van der Waals surface area contributed by atoms with E-state index in [0.29, 0.717) is 54.3 Å². The molecule has 1 aromatic heterocycles. The van der Waals surface area contributed by atoms with Crippen LogP contribution in [0.5, 0.6) is 11.5 Å². The highest BCUT2D eigenvalue weighted by Gasteiger charge is 2.30. The summed E-state index contributed by atoms with van der Waals surface area (Å²) in [5.74, 6) is 1.51. The quantitative estimate of drug-likeness (QED) is 0.679. The Kier molecular flexibility index (Phi) is 5.95. The number of nitrogens with zero attached hydrogens (tertiary/aromatic N) is 2. The zero-order chi connectivity index (χ0) is 19.4. The Bertz CT molecular complexity index is 876. The summed E-state index contributed by atoms with van der Waals surface area (Å²) in [5.41, 5.74) is 6.09. The van der Waals surface area contributed by atoms with Gasteiger partial charge in [-0.1, -0.05) is 0 Å². The average Bonchev–Trinajstić information content (AvgIpc) is 3.52. The molecular weight excluding hydrogens is 348 g/mol. The van der Waals surface area contributed by atoms with Crippen molar-refractivity contribution in [3.8, 4) is 11.5 Å². The Morgan fingerprint density at radius 1 is 1.33 bits per heavy atom. The predicted octanol–water partition coefficient (Wildman–Crippen LogP) is 1.05. The summed E-state index contributed by atoms with van der Waals surface area (Å²) in [6, 6.07) is 3.39. The van der Waals surface area contributed by atoms with Gasteiger partial charge in [0.1, 0.15) is 0 Å². The summed E-state index contributed by atoms with van der Waals surface area (Å²) in [7, 11) is 3.06. The van der Waals surface area contributed by atoms with Gasteiger partial charge in [-0.05, 0) is 31.2 Å². The maximum atomic E-state index is 12.7. The molecule has 8 nitrogen and oxygen atoms in total. The molecule has 1 aliphatic rings. The van der Waals surface area contributed by atoms with Crippen molar-refractivity contribution in [1.82, 2.24) is 14.9 Å². The van der Waals surface area contributed by atoms with Crippen molar-refractivity contribution in [2.75, 3.05) is 20.8 Å². The number of hydrogen-bond donors (Lipinski definition) is 2. The van der Waals surface area contributed by atoms with Gasteiger partial charge in [-0.2, -0.15) is 0 Å². The third-order valence-electron chi connectivity index (χ3n) is 4.92. The maximum Gasteiger partial charge on any atom is 0.261 e. The number of hydrogen-bond acceptors (Lipinski definition) is 6. The minimum Gasteiger partial charge on any atom is -0.493 e. The smallest absolute Gasteiger partial charge is 0.261 e. The SMILES string of the molecule is COc1cc2ncn(CCCC(=O)NC(CN)C3CC3)c(=O)c2cc1OC. The molecule has 1 aliphatic carbocycles. The normalized spacial score (nSPS) is 14.8. The minimum absolute atomic E-state index is 0.0226. The van der Waals surface area contributed by atoms with Crippen molar-refractivity contribution < 1.29 is 14.3 Å². The largest absolute Gasteiger partial charge is 0.493 e. The number of benzene rings is 1. The van der Waals surface area contributed by atoms with E-state index in [9.17, 15) is 9.59 Å². The number of carbonyl (C=O) groups is 1. The molecule has 0 radical (unpaired) electrons. The van der Waals surface area contributed by atoms with Gasteiger partial charge in [-0.15, -0.1) is 0 Å². The van der Waals surface area contributed by atoms with Gasteiger partial charge >= 0.3 is 0 Å². The second kappa shape index (κ2) is 8.39. The zero-order valence-corrected chi connectivity index (χ0v) is 15.7. The molecule has 146 valence electrons. The molecule has 3 rings (SSSR count). The van der Waals surface area contributed by atoms with Gasteiger partial charge in [-0.3, -0.25) is 14.2 Å². The molecule has 27 heavy (non-hydrogen) atoms. The summed E-state index contributed by atoms with van der Waals surface area (Å²) < 4.78 is 12.0. The van der Waals surface area contributed by atoms with Crippen LogP contribution in [0, 0.1) is 5.92 Å². The van der Waals surface area contributed by atoms with Gasteiger partial charge in [0.05, 0.1) is 31.4 Å². The van der Waals surface area contributed by atoms with Crippen molar-refractivity contribution in [3.63, 3.8) is 0 Å². The Morgan fingerprint density at radius 2 is 2.04 bits per heavy atom. The lowest BCUT2D eigenvalue weighted by molar-refractivity contribution is -0.122. The van der Waals surface area contributed by atoms with Crippen LogP contribution in [0.2, 0.25) is 0 Å². The number of fused-ring (bicyclic) bond motifs is 1. The van der Waals surface area contributed by atoms with Gasteiger partial charge in [0.25, 0.3) is 5.56 Å². The second-order valence-corrected chi connectivity index (χ2v) is 6.82. The van der Waals surface area contributed by atoms with E-state index in [1.54, 1.807) is 12.1 Å². The maximum absolute atomic E-state index is 12.7. The number of ether oxygens (including phenoxy) is 2. The van der Waals surface area contributed by atoms with Gasteiger partial charge in [0, 0.05) is 31.6 Å². The molecular formula is C19H26N4O4. The molecule has 8 heteroatoms. The van der Waals surface area contributed by atoms with E-state index in [0.717, 1.165) is 12.8 Å². The van der Waals surface area contributed by atoms with Crippen molar-refractivity contribution in [1.29, 1.82) is 0 Å². The van der Waals surface area contributed by atoms with Crippen LogP contribution in [-0.4, -0.2) is 42.3 Å². The molecule has 1 fully saturated rings. The molecule has 1 atom stereocenters. The molecule has 0 aliphatic heterocycles. The Balaban J connectivity index is 1.65. The Morgan fingerprint density at radius 3 is 2.67 bits per heavy atom. The molecule has 1 aromatic carbocycles. The predicted molar refractivity (Wildman–Crippen MR) is 102 cm³/mol. The fourth-order valence-electron chi connectivity index (χ4n) is 3.20. The van der Waals surface area contributed by atoms with E-state index >= 15 is 0 Å². The van der Waals surface area contributed by atoms with Crippen molar-refractivity contribution >= 4 is 16.8 Å². The fraction of sp³-hybridized carbons (Fsp3) is 0.526. The van der Waals surface area contributed by atoms with Crippen molar-refractivity contribution in [3.05, 3.63) is 28.8 Å². The van der Waals surface area contributed by atoms with Gasteiger partial charge in [0.15, 0.2) is 11.5 Å². The first kappa shape index (κ1) is 19.2. The van der Waals surface area contributed by atoms with Crippen molar-refractivity contribution in [2.45, 2.75) is 38.3 Å². The highest BCUT2D eigenvalue weighted by molar-refractivity contribution is 5.81. The van der Waals surface area contributed by atoms with Crippen LogP contribution in [0.25, 0.3) is 10.9 Å². The van der Waals surface area contributed by atoms with E-state index in [4.69, 9.17) is 15.2 Å². The fourth-order valence-corrected chi connectivity index (χ4v) is 3.20. The Hall–Kier alpha value is -2.61. The molecule has 0 spiro atoms. The van der Waals surface area contributed by atoms with Crippen LogP contribution in [0.15, 0.2) is 23.3 Å². The van der Waals surface area contributed by atoms with E-state index < -0.39 is 0 Å². The van der Waals surface area contributed by atoms with Crippen LogP contribution in [0.1, 0.15) is 25.7 Å². The second-order valence-electron chi connectivity index (χ2n) is 6.82. The van der Waals surface area contributed by atoms with Crippen LogP contribution >= 0.6 is 0 Å². The highest BCUT2D eigenvalue weighted by atomic mass is 16.5. The number of nitrogens with two attached hydrogens (primary N) is 1. The third kappa shape index (κ3) is 4.39. The standard InChI is InChI=1S/C19H26N4O4/c1-26-16-8-13-14(9-17(16)27-2)21-11-23(19(13)25)7-3-4-18(24)22-15(10-20)12-5-6-12/h8-9,11-12,15H,3-7,10,20H2,1-2H3,(H,22,24). The molecule has 2 aromatic rings. The molecule has 3 N–H and O–H groups in total. The van der Waals surface area contributed by atoms with Crippen LogP contribution in [0.4, 0.5) is 0 Å². The van der Waals surface area contributed by atoms with Crippen molar-refractivity contribution in [2.24, 2.45) is 11.7 Å². The summed E-state index contributed by atoms with van der Waals surface area (Å²) in [6.45, 7) is 0.885. The lowest BCUT2D eigenvalue weighted by atomic mass is 10.1. The van der Waals surface area contributed by atoms with Gasteiger partial charge in [-0.25, -0.2) is 4.98 Å². The van der Waals surface area contributed by atoms with Gasteiger partial charge in [0.2, 0.25) is 5.91 Å². The topological polar surface area (TPSA) is 108 Å². The lowest BCUT2D eigenvalue weighted by Crippen LogP contribution is -2.41. The van der Waals surface area contributed by atoms with Gasteiger partial charge < -0.3 is 20.5 Å². The molecule has 1 heterocycles. The zero-order valence-electron chi connectivity index (χ0n) is 15.7. The first-order chi connectivity index (χ1) is 13.1. The summed E-state index contributed by atoms with van der Waals surface area (Å²) in [5, 5.41) is 3.44. The number of aromatic nitrogens is 2. The number of carbonyl (C=O) groups excluding carboxylic acids is 1. The average molecular weight is 374 g/mol. The molecule has 1 saturated carbocycles. The monoisotopic (exact) mass is 374 g/mol. The summed E-state index contributed by atoms with van der Waals surface area (Å²) in [4.78, 5) is 29.1. The van der Waals surface area contributed by atoms with Crippen LogP contribution < -0.4 is 26.1 Å². The molecule has 0 saturated heterocycles. The highest BCUT2D eigenvalue weighted by Crippen LogP contribution is 2.32. The summed E-state index contributed by atoms with van der Waals surface area (Å²) in [6.07, 6.45) is 4.66. The third-order valence-corrected chi connectivity index (χ3v) is 4.92. The molecule has 1 amide bonds. The number of amides is 1. The first-order valence-corrected chi connectivity index (χ1v) is 9.18. The van der Waals surface area contributed by atoms with Crippen LogP contribution in [-0.2, 0) is 11.3 Å². The Labute approximate surface area is 157 Å². The van der Waals surface area contributed by atoms with Crippen LogP contribution in [0.3, 0.4) is 0 Å². The summed E-state index contributed by atoms with van der Waals surface area (Å²) >= 11 is 0. The number of methoxy groups -OCH3 is 2. The molecule has 0 bridgehead atoms. The van der Waals surface area contributed by atoms with E-state index in [1.165, 1.54) is 25.1 Å². The van der Waals surface area contributed by atoms with E-state index in [2.05, 4.69) is 10.3 Å². The number of nitrogens with one attached hydrogen (secondary N) is 1. The molecule has 1 unspecified atom stereocenters. The lowest BCUT2D eigenvalue weighted by Gasteiger charge is -2.16. The number of aryl methyl sites for hydroxylation is 1. The van der Waals surface area contributed by atoms with E-state index in [1.807, 2.05) is 0 Å². The number of rotatable bonds is 9. The van der Waals surface area contributed by atoms with E-state index in [-0.39, 0.29) is 17.5 Å². The first-order valence-electron chi connectivity index (χ1n) is 9.18.